The number of hydrogen-bond acceptors (Lipinski definition) is 5. The van der Waals surface area contributed by atoms with Crippen molar-refractivity contribution in [1.29, 1.82) is 0 Å². The maximum absolute atomic E-state index is 12.8. The van der Waals surface area contributed by atoms with Crippen molar-refractivity contribution in [1.82, 2.24) is 14.9 Å². The van der Waals surface area contributed by atoms with Gasteiger partial charge in [0.2, 0.25) is 10.0 Å². The van der Waals surface area contributed by atoms with Crippen LogP contribution < -0.4 is 10.6 Å². The van der Waals surface area contributed by atoms with Gasteiger partial charge in [-0.05, 0) is 51.1 Å². The molecule has 3 rings (SSSR count). The van der Waals surface area contributed by atoms with Gasteiger partial charge in [0.15, 0.2) is 0 Å². The van der Waals surface area contributed by atoms with E-state index in [0.29, 0.717) is 18.7 Å². The Morgan fingerprint density at radius 2 is 1.84 bits per heavy atom. The van der Waals surface area contributed by atoms with E-state index < -0.39 is 10.0 Å². The zero-order chi connectivity index (χ0) is 18.0. The van der Waals surface area contributed by atoms with E-state index in [9.17, 15) is 13.2 Å². The van der Waals surface area contributed by atoms with E-state index >= 15 is 0 Å². The summed E-state index contributed by atoms with van der Waals surface area (Å²) in [5.74, 6) is -0.175. The van der Waals surface area contributed by atoms with Crippen molar-refractivity contribution >= 4 is 15.9 Å². The summed E-state index contributed by atoms with van der Waals surface area (Å²) in [6, 6.07) is 6.27. The molecule has 25 heavy (non-hydrogen) atoms. The molecule has 0 aromatic heterocycles. The number of carbonyl (C=O) groups excluding carboxylic acids is 1. The summed E-state index contributed by atoms with van der Waals surface area (Å²) < 4.78 is 32.6. The second kappa shape index (κ2) is 7.41. The average Bonchev–Trinajstić information content (AvgIpc) is 3.07. The van der Waals surface area contributed by atoms with Crippen LogP contribution in [0.4, 0.5) is 0 Å². The molecule has 7 nitrogen and oxygen atoms in total. The Kier molecular flexibility index (Phi) is 5.43. The molecule has 0 spiro atoms. The summed E-state index contributed by atoms with van der Waals surface area (Å²) in [5, 5.41) is 6.14. The molecule has 2 saturated heterocycles. The number of nitrogens with zero attached hydrogens (tertiary/aromatic N) is 1. The van der Waals surface area contributed by atoms with Crippen LogP contribution in [-0.2, 0) is 14.8 Å². The van der Waals surface area contributed by atoms with Crippen LogP contribution in [0.15, 0.2) is 29.2 Å². The first-order valence-corrected chi connectivity index (χ1v) is 10.1. The zero-order valence-corrected chi connectivity index (χ0v) is 15.4. The largest absolute Gasteiger partial charge is 0.373 e. The molecule has 1 amide bonds. The quantitative estimate of drug-likeness (QED) is 0.813. The molecule has 0 saturated carbocycles. The highest BCUT2D eigenvalue weighted by Gasteiger charge is 2.32. The third-order valence-corrected chi connectivity index (χ3v) is 6.38. The molecule has 2 N–H and O–H groups in total. The van der Waals surface area contributed by atoms with Gasteiger partial charge in [-0.3, -0.25) is 4.79 Å². The van der Waals surface area contributed by atoms with Crippen molar-refractivity contribution in [2.45, 2.75) is 43.4 Å². The molecular weight excluding hydrogens is 342 g/mol. The standard InChI is InChI=1S/C17H25N3O4S/c1-12-10-20(11-13(2)24-12)25(22,23)16-5-3-14(4-6-16)17(21)19-15-7-8-18-9-15/h3-6,12-13,15,18H,7-11H2,1-2H3,(H,19,21). The fraction of sp³-hybridized carbons (Fsp3) is 0.588. The predicted octanol–water partition coefficient (Wildman–Crippen LogP) is 0.576. The molecule has 1 aromatic rings. The Labute approximate surface area is 148 Å². The molecule has 2 fully saturated rings. The second-order valence-corrected chi connectivity index (χ2v) is 8.70. The lowest BCUT2D eigenvalue weighted by Gasteiger charge is -2.34. The molecule has 2 aliphatic rings. The van der Waals surface area contributed by atoms with Crippen LogP contribution >= 0.6 is 0 Å². The maximum Gasteiger partial charge on any atom is 0.251 e. The number of rotatable bonds is 4. The summed E-state index contributed by atoms with van der Waals surface area (Å²) in [6.07, 6.45) is 0.637. The Bertz CT molecular complexity index is 704. The van der Waals surface area contributed by atoms with Gasteiger partial charge >= 0.3 is 0 Å². The van der Waals surface area contributed by atoms with Gasteiger partial charge in [-0.15, -0.1) is 0 Å². The first kappa shape index (κ1) is 18.3. The Morgan fingerprint density at radius 3 is 2.40 bits per heavy atom. The van der Waals surface area contributed by atoms with Gasteiger partial charge < -0.3 is 15.4 Å². The van der Waals surface area contributed by atoms with E-state index in [-0.39, 0.29) is 29.1 Å². The summed E-state index contributed by atoms with van der Waals surface area (Å²) in [7, 11) is -3.58. The van der Waals surface area contributed by atoms with Crippen LogP contribution in [0.3, 0.4) is 0 Å². The SMILES string of the molecule is CC1CN(S(=O)(=O)c2ccc(C(=O)NC3CCNC3)cc2)CC(C)O1. The van der Waals surface area contributed by atoms with Crippen molar-refractivity contribution in [2.75, 3.05) is 26.2 Å². The second-order valence-electron chi connectivity index (χ2n) is 6.77. The lowest BCUT2D eigenvalue weighted by Crippen LogP contribution is -2.48. The first-order valence-electron chi connectivity index (χ1n) is 8.63. The number of hydrogen-bond donors (Lipinski definition) is 2. The van der Waals surface area contributed by atoms with Crippen molar-refractivity contribution < 1.29 is 17.9 Å². The molecule has 0 bridgehead atoms. The Hall–Kier alpha value is -1.48. The number of benzene rings is 1. The lowest BCUT2D eigenvalue weighted by atomic mass is 10.2. The summed E-state index contributed by atoms with van der Waals surface area (Å²) in [5.41, 5.74) is 0.467. The van der Waals surface area contributed by atoms with Crippen LogP contribution in [0.2, 0.25) is 0 Å². The van der Waals surface area contributed by atoms with Crippen LogP contribution in [0.1, 0.15) is 30.6 Å². The number of carbonyl (C=O) groups is 1. The number of morpholine rings is 1. The fourth-order valence-electron chi connectivity index (χ4n) is 3.30. The van der Waals surface area contributed by atoms with Gasteiger partial charge in [-0.1, -0.05) is 0 Å². The van der Waals surface area contributed by atoms with Gasteiger partial charge in [-0.2, -0.15) is 4.31 Å². The Morgan fingerprint density at radius 1 is 1.20 bits per heavy atom. The fourth-order valence-corrected chi connectivity index (χ4v) is 4.89. The zero-order valence-electron chi connectivity index (χ0n) is 14.6. The van der Waals surface area contributed by atoms with Crippen LogP contribution in [-0.4, -0.2) is 63.1 Å². The number of ether oxygens (including phenoxy) is 1. The minimum atomic E-state index is -3.58. The van der Waals surface area contributed by atoms with Crippen LogP contribution in [0, 0.1) is 0 Å². The monoisotopic (exact) mass is 367 g/mol. The number of nitrogens with one attached hydrogen (secondary N) is 2. The van der Waals surface area contributed by atoms with E-state index in [1.165, 1.54) is 16.4 Å². The van der Waals surface area contributed by atoms with Gasteiger partial charge in [0, 0.05) is 31.2 Å². The molecule has 8 heteroatoms. The minimum absolute atomic E-state index is 0.132. The van der Waals surface area contributed by atoms with E-state index in [1.807, 2.05) is 13.8 Å². The molecule has 1 aromatic carbocycles. The van der Waals surface area contributed by atoms with Crippen LogP contribution in [0.25, 0.3) is 0 Å². The van der Waals surface area contributed by atoms with Crippen molar-refractivity contribution in [3.05, 3.63) is 29.8 Å². The maximum atomic E-state index is 12.8. The van der Waals surface area contributed by atoms with Crippen LogP contribution in [0.5, 0.6) is 0 Å². The van der Waals surface area contributed by atoms with Gasteiger partial charge in [-0.25, -0.2) is 8.42 Å². The average molecular weight is 367 g/mol. The lowest BCUT2D eigenvalue weighted by molar-refractivity contribution is -0.0440. The summed E-state index contributed by atoms with van der Waals surface area (Å²) in [6.45, 7) is 6.07. The number of sulfonamides is 1. The predicted molar refractivity (Wildman–Crippen MR) is 94.0 cm³/mol. The highest BCUT2D eigenvalue weighted by Crippen LogP contribution is 2.21. The highest BCUT2D eigenvalue weighted by molar-refractivity contribution is 7.89. The molecule has 3 unspecified atom stereocenters. The summed E-state index contributed by atoms with van der Waals surface area (Å²) >= 11 is 0. The van der Waals surface area contributed by atoms with Gasteiger partial charge in [0.05, 0.1) is 17.1 Å². The van der Waals surface area contributed by atoms with Gasteiger partial charge in [0.25, 0.3) is 5.91 Å². The molecule has 138 valence electrons. The first-order chi connectivity index (χ1) is 11.9. The third-order valence-electron chi connectivity index (χ3n) is 4.54. The summed E-state index contributed by atoms with van der Waals surface area (Å²) in [4.78, 5) is 12.4. The van der Waals surface area contributed by atoms with Crippen molar-refractivity contribution in [3.8, 4) is 0 Å². The molecule has 0 radical (unpaired) electrons. The Balaban J connectivity index is 1.71. The molecule has 2 aliphatic heterocycles. The highest BCUT2D eigenvalue weighted by atomic mass is 32.2. The third kappa shape index (κ3) is 4.20. The van der Waals surface area contributed by atoms with E-state index in [2.05, 4.69) is 10.6 Å². The molecule has 3 atom stereocenters. The molecule has 0 aliphatic carbocycles. The molecule has 2 heterocycles. The topological polar surface area (TPSA) is 87.7 Å². The minimum Gasteiger partial charge on any atom is -0.373 e. The van der Waals surface area contributed by atoms with E-state index in [1.54, 1.807) is 12.1 Å². The van der Waals surface area contributed by atoms with Crippen molar-refractivity contribution in [2.24, 2.45) is 0 Å². The normalized spacial score (nSPS) is 28.0. The van der Waals surface area contributed by atoms with Crippen molar-refractivity contribution in [3.63, 3.8) is 0 Å². The van der Waals surface area contributed by atoms with E-state index in [0.717, 1.165) is 19.5 Å². The van der Waals surface area contributed by atoms with E-state index in [4.69, 9.17) is 4.74 Å². The molecular formula is C17H25N3O4S. The smallest absolute Gasteiger partial charge is 0.251 e. The van der Waals surface area contributed by atoms with Gasteiger partial charge in [0.1, 0.15) is 0 Å². The number of amides is 1.